The molecule has 33 heavy (non-hydrogen) atoms. The fourth-order valence-electron chi connectivity index (χ4n) is 2.71. The van der Waals surface area contributed by atoms with E-state index in [1.165, 1.54) is 62.8 Å². The molecular weight excluding hydrogens is 450 g/mol. The minimum Gasteiger partial charge on any atom is -0.459 e. The predicted octanol–water partition coefficient (Wildman–Crippen LogP) is 2.58. The van der Waals surface area contributed by atoms with Crippen LogP contribution in [0.1, 0.15) is 20.9 Å². The van der Waals surface area contributed by atoms with Crippen LogP contribution < -0.4 is 10.6 Å². The number of benzene rings is 2. The molecule has 0 saturated carbocycles. The number of sulfonamides is 1. The highest BCUT2D eigenvalue weighted by Gasteiger charge is 2.19. The molecule has 172 valence electrons. The molecule has 0 aliphatic carbocycles. The van der Waals surface area contributed by atoms with Crippen LogP contribution in [0.4, 0.5) is 11.4 Å². The van der Waals surface area contributed by atoms with Crippen molar-refractivity contribution >= 4 is 39.2 Å². The first-order valence-corrected chi connectivity index (χ1v) is 11.1. The van der Waals surface area contributed by atoms with Crippen molar-refractivity contribution in [1.29, 1.82) is 0 Å². The van der Waals surface area contributed by atoms with Crippen LogP contribution in [0.3, 0.4) is 0 Å². The number of amides is 2. The Morgan fingerprint density at radius 2 is 1.73 bits per heavy atom. The van der Waals surface area contributed by atoms with E-state index in [-0.39, 0.29) is 27.6 Å². The van der Waals surface area contributed by atoms with E-state index >= 15 is 0 Å². The lowest BCUT2D eigenvalue weighted by Gasteiger charge is -2.13. The third-order valence-corrected chi connectivity index (χ3v) is 6.18. The molecule has 10 nitrogen and oxygen atoms in total. The summed E-state index contributed by atoms with van der Waals surface area (Å²) in [6.07, 6.45) is 1.35. The van der Waals surface area contributed by atoms with Gasteiger partial charge in [0.25, 0.3) is 11.8 Å². The average Bonchev–Trinajstić information content (AvgIpc) is 3.33. The van der Waals surface area contributed by atoms with Gasteiger partial charge in [-0.15, -0.1) is 0 Å². The summed E-state index contributed by atoms with van der Waals surface area (Å²) in [6, 6.07) is 14.9. The van der Waals surface area contributed by atoms with Crippen LogP contribution in [0.15, 0.2) is 76.2 Å². The molecule has 3 rings (SSSR count). The van der Waals surface area contributed by atoms with E-state index in [2.05, 4.69) is 10.6 Å². The van der Waals surface area contributed by atoms with Gasteiger partial charge >= 0.3 is 5.97 Å². The zero-order valence-corrected chi connectivity index (χ0v) is 18.6. The van der Waals surface area contributed by atoms with Crippen molar-refractivity contribution in [3.63, 3.8) is 0 Å². The Morgan fingerprint density at radius 1 is 0.970 bits per heavy atom. The van der Waals surface area contributed by atoms with Crippen LogP contribution >= 0.6 is 0 Å². The number of furan rings is 1. The van der Waals surface area contributed by atoms with Crippen molar-refractivity contribution in [2.75, 3.05) is 31.3 Å². The summed E-state index contributed by atoms with van der Waals surface area (Å²) in [5.74, 6) is -1.98. The molecule has 11 heteroatoms. The molecule has 0 saturated heterocycles. The van der Waals surface area contributed by atoms with Gasteiger partial charge in [-0.2, -0.15) is 0 Å². The Morgan fingerprint density at radius 3 is 2.42 bits per heavy atom. The highest BCUT2D eigenvalue weighted by molar-refractivity contribution is 7.89. The molecule has 0 atom stereocenters. The molecule has 0 unspecified atom stereocenters. The smallest absolute Gasteiger partial charge is 0.340 e. The van der Waals surface area contributed by atoms with Crippen LogP contribution in [0.25, 0.3) is 0 Å². The zero-order valence-electron chi connectivity index (χ0n) is 17.8. The molecule has 1 heterocycles. The van der Waals surface area contributed by atoms with Crippen LogP contribution in [0, 0.1) is 0 Å². The van der Waals surface area contributed by atoms with Gasteiger partial charge in [0.05, 0.1) is 22.4 Å². The first kappa shape index (κ1) is 23.7. The summed E-state index contributed by atoms with van der Waals surface area (Å²) >= 11 is 0. The minimum atomic E-state index is -3.67. The number of carbonyl (C=O) groups is 3. The quantitative estimate of drug-likeness (QED) is 0.482. The van der Waals surface area contributed by atoms with Gasteiger partial charge in [-0.1, -0.05) is 18.2 Å². The van der Waals surface area contributed by atoms with Gasteiger partial charge in [0, 0.05) is 19.8 Å². The summed E-state index contributed by atoms with van der Waals surface area (Å²) in [4.78, 5) is 36.9. The Hall–Kier alpha value is -3.96. The molecule has 3 aromatic rings. The normalized spacial score (nSPS) is 11.1. The number of anilines is 2. The van der Waals surface area contributed by atoms with Gasteiger partial charge in [-0.3, -0.25) is 9.59 Å². The number of nitrogens with one attached hydrogen (secondary N) is 2. The molecule has 1 aromatic heterocycles. The SMILES string of the molecule is CN(C)S(=O)(=O)c1cccc(NC(=O)COC(=O)c2ccccc2NC(=O)c2ccco2)c1. The molecule has 2 N–H and O–H groups in total. The number of para-hydroxylation sites is 1. The highest BCUT2D eigenvalue weighted by Crippen LogP contribution is 2.19. The van der Waals surface area contributed by atoms with Crippen molar-refractivity contribution in [2.24, 2.45) is 0 Å². The Balaban J connectivity index is 1.63. The van der Waals surface area contributed by atoms with Gasteiger partial charge in [0.2, 0.25) is 10.0 Å². The van der Waals surface area contributed by atoms with E-state index in [1.807, 2.05) is 0 Å². The maximum Gasteiger partial charge on any atom is 0.340 e. The molecule has 0 fully saturated rings. The molecule has 2 amide bonds. The Bertz CT molecular complexity index is 1270. The monoisotopic (exact) mass is 471 g/mol. The number of nitrogens with zero attached hydrogens (tertiary/aromatic N) is 1. The first-order chi connectivity index (χ1) is 15.7. The third kappa shape index (κ3) is 5.84. The summed E-state index contributed by atoms with van der Waals surface area (Å²) in [5.41, 5.74) is 0.459. The molecule has 2 aromatic carbocycles. The third-order valence-electron chi connectivity index (χ3n) is 4.37. The standard InChI is InChI=1S/C22H21N3O7S/c1-25(2)33(29,30)16-8-5-7-15(13-16)23-20(26)14-32-22(28)17-9-3-4-10-18(17)24-21(27)19-11-6-12-31-19/h3-13H,14H2,1-2H3,(H,23,26)(H,24,27). The molecular formula is C22H21N3O7S. The van der Waals surface area contributed by atoms with Crippen molar-refractivity contribution in [3.8, 4) is 0 Å². The zero-order chi connectivity index (χ0) is 24.0. The van der Waals surface area contributed by atoms with Gasteiger partial charge in [0.1, 0.15) is 0 Å². The van der Waals surface area contributed by atoms with E-state index in [9.17, 15) is 22.8 Å². The van der Waals surface area contributed by atoms with Crippen LogP contribution in [0.5, 0.6) is 0 Å². The number of ether oxygens (including phenoxy) is 1. The lowest BCUT2D eigenvalue weighted by Crippen LogP contribution is -2.23. The topological polar surface area (TPSA) is 135 Å². The van der Waals surface area contributed by atoms with Gasteiger partial charge in [0.15, 0.2) is 12.4 Å². The van der Waals surface area contributed by atoms with Crippen molar-refractivity contribution < 1.29 is 32.0 Å². The minimum absolute atomic E-state index is 0.00326. The lowest BCUT2D eigenvalue weighted by atomic mass is 10.1. The summed E-state index contributed by atoms with van der Waals surface area (Å²) in [7, 11) is -0.877. The number of carbonyl (C=O) groups excluding carboxylic acids is 3. The van der Waals surface area contributed by atoms with Gasteiger partial charge in [-0.05, 0) is 42.5 Å². The van der Waals surface area contributed by atoms with Crippen molar-refractivity contribution in [3.05, 3.63) is 78.3 Å². The highest BCUT2D eigenvalue weighted by atomic mass is 32.2. The van der Waals surface area contributed by atoms with E-state index in [1.54, 1.807) is 18.2 Å². The van der Waals surface area contributed by atoms with E-state index in [0.29, 0.717) is 0 Å². The van der Waals surface area contributed by atoms with Crippen molar-refractivity contribution in [2.45, 2.75) is 4.90 Å². The van der Waals surface area contributed by atoms with Gasteiger partial charge in [-0.25, -0.2) is 17.5 Å². The second kappa shape index (κ2) is 10.1. The Labute approximate surface area is 190 Å². The maximum atomic E-state index is 12.5. The number of hydrogen-bond donors (Lipinski definition) is 2. The fourth-order valence-corrected chi connectivity index (χ4v) is 3.66. The molecule has 0 aliphatic heterocycles. The van der Waals surface area contributed by atoms with E-state index in [0.717, 1.165) is 4.31 Å². The van der Waals surface area contributed by atoms with Crippen LogP contribution in [0.2, 0.25) is 0 Å². The van der Waals surface area contributed by atoms with Crippen LogP contribution in [-0.2, 0) is 19.6 Å². The molecule has 0 radical (unpaired) electrons. The lowest BCUT2D eigenvalue weighted by molar-refractivity contribution is -0.119. The summed E-state index contributed by atoms with van der Waals surface area (Å²) in [5, 5.41) is 5.04. The Kier molecular flexibility index (Phi) is 7.26. The van der Waals surface area contributed by atoms with Gasteiger partial charge < -0.3 is 19.8 Å². The largest absolute Gasteiger partial charge is 0.459 e. The average molecular weight is 471 g/mol. The molecule has 0 spiro atoms. The molecule has 0 aliphatic rings. The summed E-state index contributed by atoms with van der Waals surface area (Å²) in [6.45, 7) is -0.621. The van der Waals surface area contributed by atoms with Crippen LogP contribution in [-0.4, -0.2) is 51.2 Å². The molecule has 0 bridgehead atoms. The fraction of sp³-hybridized carbons (Fsp3) is 0.136. The number of rotatable bonds is 8. The number of hydrogen-bond acceptors (Lipinski definition) is 7. The van der Waals surface area contributed by atoms with Crippen molar-refractivity contribution in [1.82, 2.24) is 4.31 Å². The maximum absolute atomic E-state index is 12.5. The first-order valence-electron chi connectivity index (χ1n) is 9.62. The van der Waals surface area contributed by atoms with E-state index < -0.39 is 34.4 Å². The second-order valence-corrected chi connectivity index (χ2v) is 9.07. The van der Waals surface area contributed by atoms with E-state index in [4.69, 9.17) is 9.15 Å². The summed E-state index contributed by atoms with van der Waals surface area (Å²) < 4.78 is 35.6. The number of esters is 1. The second-order valence-electron chi connectivity index (χ2n) is 6.92. The predicted molar refractivity (Wildman–Crippen MR) is 119 cm³/mol.